The summed E-state index contributed by atoms with van der Waals surface area (Å²) in [5, 5.41) is 0.737. The smallest absolute Gasteiger partial charge is 0.263 e. The third-order valence-corrected chi connectivity index (χ3v) is 6.73. The summed E-state index contributed by atoms with van der Waals surface area (Å²) in [5.41, 5.74) is 3.67. The van der Waals surface area contributed by atoms with Crippen LogP contribution in [0.1, 0.15) is 31.8 Å². The molecule has 3 aromatic carbocycles. The quantitative estimate of drug-likeness (QED) is 0.485. The van der Waals surface area contributed by atoms with Crippen LogP contribution in [-0.4, -0.2) is 54.3 Å². The molecule has 0 aliphatic carbocycles. The van der Waals surface area contributed by atoms with Gasteiger partial charge in [-0.15, -0.1) is 0 Å². The third kappa shape index (κ3) is 4.56. The lowest BCUT2D eigenvalue weighted by molar-refractivity contribution is 0.0656. The lowest BCUT2D eigenvalue weighted by Gasteiger charge is -2.36. The van der Waals surface area contributed by atoms with E-state index in [1.165, 1.54) is 22.6 Å². The number of fused-ring (bicyclic) bond motifs is 1. The monoisotopic (exact) mass is 477 g/mol. The van der Waals surface area contributed by atoms with Crippen LogP contribution >= 0.6 is 11.6 Å². The molecule has 2 amide bonds. The molecule has 0 radical (unpaired) electrons. The predicted molar refractivity (Wildman–Crippen MR) is 131 cm³/mol. The van der Waals surface area contributed by atoms with Crippen LogP contribution in [0.3, 0.4) is 0 Å². The van der Waals surface area contributed by atoms with Gasteiger partial charge in [-0.2, -0.15) is 0 Å². The van der Waals surface area contributed by atoms with Crippen molar-refractivity contribution >= 4 is 29.1 Å². The number of hydrogen-bond acceptors (Lipinski definition) is 4. The number of carbonyl (C=O) groups is 2. The van der Waals surface area contributed by atoms with Crippen molar-refractivity contribution < 1.29 is 14.0 Å². The van der Waals surface area contributed by atoms with Crippen molar-refractivity contribution in [3.05, 3.63) is 99.8 Å². The first-order chi connectivity index (χ1) is 16.5. The summed E-state index contributed by atoms with van der Waals surface area (Å²) in [5.74, 6) is -0.872. The fourth-order valence-corrected chi connectivity index (χ4v) is 4.97. The summed E-state index contributed by atoms with van der Waals surface area (Å²) in [7, 11) is 0. The van der Waals surface area contributed by atoms with Gasteiger partial charge in [-0.3, -0.25) is 19.4 Å². The molecular weight excluding hydrogens is 453 g/mol. The van der Waals surface area contributed by atoms with Crippen LogP contribution in [0.2, 0.25) is 5.02 Å². The maximum Gasteiger partial charge on any atom is 0.263 e. The zero-order valence-electron chi connectivity index (χ0n) is 18.7. The molecule has 2 heterocycles. The molecule has 0 unspecified atom stereocenters. The molecule has 3 aromatic rings. The second-order valence-corrected chi connectivity index (χ2v) is 9.17. The topological polar surface area (TPSA) is 43.9 Å². The predicted octanol–water partition coefficient (Wildman–Crippen LogP) is 4.64. The molecule has 2 aliphatic heterocycles. The first kappa shape index (κ1) is 22.6. The Hall–Kier alpha value is -3.22. The van der Waals surface area contributed by atoms with Crippen molar-refractivity contribution in [1.29, 1.82) is 0 Å². The number of hydrogen-bond donors (Lipinski definition) is 0. The van der Waals surface area contributed by atoms with Gasteiger partial charge >= 0.3 is 0 Å². The van der Waals surface area contributed by atoms with E-state index in [1.54, 1.807) is 18.2 Å². The van der Waals surface area contributed by atoms with Crippen molar-refractivity contribution in [3.63, 3.8) is 0 Å². The van der Waals surface area contributed by atoms with Gasteiger partial charge in [0.25, 0.3) is 11.8 Å². The number of rotatable bonds is 6. The zero-order valence-corrected chi connectivity index (χ0v) is 19.5. The number of nitrogens with zero attached hydrogens (tertiary/aromatic N) is 3. The fourth-order valence-electron chi connectivity index (χ4n) is 4.76. The number of carbonyl (C=O) groups excluding carboxylic acids is 2. The van der Waals surface area contributed by atoms with Crippen molar-refractivity contribution in [2.75, 3.05) is 37.6 Å². The number of amides is 2. The van der Waals surface area contributed by atoms with Gasteiger partial charge in [-0.05, 0) is 53.9 Å². The summed E-state index contributed by atoms with van der Waals surface area (Å²) >= 11 is 6.11. The Morgan fingerprint density at radius 1 is 0.824 bits per heavy atom. The molecule has 0 bridgehead atoms. The van der Waals surface area contributed by atoms with E-state index in [2.05, 4.69) is 15.9 Å². The molecule has 0 atom stereocenters. The van der Waals surface area contributed by atoms with E-state index in [-0.39, 0.29) is 24.2 Å². The summed E-state index contributed by atoms with van der Waals surface area (Å²) in [6, 6.07) is 19.6. The minimum Gasteiger partial charge on any atom is -0.368 e. The zero-order chi connectivity index (χ0) is 23.7. The highest BCUT2D eigenvalue weighted by atomic mass is 35.5. The molecule has 0 N–H and O–H groups in total. The highest BCUT2D eigenvalue weighted by Gasteiger charge is 2.38. The maximum absolute atomic E-state index is 13.5. The van der Waals surface area contributed by atoms with E-state index in [1.807, 2.05) is 30.3 Å². The Balaban J connectivity index is 1.27. The highest BCUT2D eigenvalue weighted by Crippen LogP contribution is 2.32. The van der Waals surface area contributed by atoms with Gasteiger partial charge in [0.1, 0.15) is 5.82 Å². The Labute approximate surface area is 203 Å². The largest absolute Gasteiger partial charge is 0.368 e. The van der Waals surface area contributed by atoms with E-state index in [4.69, 9.17) is 11.6 Å². The lowest BCUT2D eigenvalue weighted by atomic mass is 10.1. The standard InChI is InChI=1S/C27H25ClFN3O2/c28-21-6-1-5-20(16-21)18-30-12-14-31(15-13-30)24-9-3-8-23-25(24)27(34)32(26(23)33)11-10-19-4-2-7-22(29)17-19/h1-9,16-17H,10-15,18H2. The van der Waals surface area contributed by atoms with E-state index in [0.29, 0.717) is 17.5 Å². The Bertz CT molecular complexity index is 1240. The summed E-state index contributed by atoms with van der Waals surface area (Å²) in [4.78, 5) is 32.1. The summed E-state index contributed by atoms with van der Waals surface area (Å²) < 4.78 is 13.5. The molecular formula is C27H25ClFN3O2. The van der Waals surface area contributed by atoms with Crippen molar-refractivity contribution in [2.45, 2.75) is 13.0 Å². The average Bonchev–Trinajstić information content (AvgIpc) is 3.08. The van der Waals surface area contributed by atoms with Crippen LogP contribution in [-0.2, 0) is 13.0 Å². The van der Waals surface area contributed by atoms with Gasteiger partial charge < -0.3 is 4.90 Å². The van der Waals surface area contributed by atoms with Gasteiger partial charge in [0, 0.05) is 44.3 Å². The van der Waals surface area contributed by atoms with Gasteiger partial charge in [0.05, 0.1) is 16.8 Å². The van der Waals surface area contributed by atoms with Crippen molar-refractivity contribution in [3.8, 4) is 0 Å². The minimum atomic E-state index is -0.323. The molecule has 0 aromatic heterocycles. The van der Waals surface area contributed by atoms with Crippen LogP contribution in [0.15, 0.2) is 66.7 Å². The second kappa shape index (κ2) is 9.57. The van der Waals surface area contributed by atoms with Crippen LogP contribution in [0, 0.1) is 5.82 Å². The first-order valence-corrected chi connectivity index (χ1v) is 11.8. The molecule has 1 fully saturated rings. The number of halogens is 2. The molecule has 34 heavy (non-hydrogen) atoms. The number of anilines is 1. The maximum atomic E-state index is 13.5. The molecule has 174 valence electrons. The highest BCUT2D eigenvalue weighted by molar-refractivity contribution is 6.30. The Kier molecular flexibility index (Phi) is 6.35. The van der Waals surface area contributed by atoms with Crippen LogP contribution in [0.4, 0.5) is 10.1 Å². The molecule has 5 nitrogen and oxygen atoms in total. The lowest BCUT2D eigenvalue weighted by Crippen LogP contribution is -2.46. The summed E-state index contributed by atoms with van der Waals surface area (Å²) in [6.45, 7) is 4.28. The minimum absolute atomic E-state index is 0.225. The molecule has 2 aliphatic rings. The molecule has 5 rings (SSSR count). The third-order valence-electron chi connectivity index (χ3n) is 6.50. The van der Waals surface area contributed by atoms with Gasteiger partial charge in [-0.1, -0.05) is 41.9 Å². The Morgan fingerprint density at radius 2 is 1.56 bits per heavy atom. The first-order valence-electron chi connectivity index (χ1n) is 11.4. The van der Waals surface area contributed by atoms with Crippen LogP contribution < -0.4 is 4.90 Å². The van der Waals surface area contributed by atoms with Crippen LogP contribution in [0.5, 0.6) is 0 Å². The van der Waals surface area contributed by atoms with Crippen molar-refractivity contribution in [1.82, 2.24) is 9.80 Å². The number of piperazine rings is 1. The molecule has 7 heteroatoms. The SMILES string of the molecule is O=C1c2cccc(N3CCN(Cc4cccc(Cl)c4)CC3)c2C(=O)N1CCc1cccc(F)c1. The Morgan fingerprint density at radius 3 is 2.32 bits per heavy atom. The number of imide groups is 1. The second-order valence-electron chi connectivity index (χ2n) is 8.73. The van der Waals surface area contributed by atoms with Crippen LogP contribution in [0.25, 0.3) is 0 Å². The van der Waals surface area contributed by atoms with E-state index < -0.39 is 0 Å². The fraction of sp³-hybridized carbons (Fsp3) is 0.259. The molecule has 0 saturated carbocycles. The molecule has 1 saturated heterocycles. The number of benzene rings is 3. The average molecular weight is 478 g/mol. The van der Waals surface area contributed by atoms with Gasteiger partial charge in [-0.25, -0.2) is 4.39 Å². The van der Waals surface area contributed by atoms with E-state index >= 15 is 0 Å². The molecule has 0 spiro atoms. The normalized spacial score (nSPS) is 16.3. The van der Waals surface area contributed by atoms with Gasteiger partial charge in [0.2, 0.25) is 0 Å². The summed E-state index contributed by atoms with van der Waals surface area (Å²) in [6.07, 6.45) is 0.417. The van der Waals surface area contributed by atoms with E-state index in [0.717, 1.165) is 49.0 Å². The van der Waals surface area contributed by atoms with E-state index in [9.17, 15) is 14.0 Å². The van der Waals surface area contributed by atoms with Crippen molar-refractivity contribution in [2.24, 2.45) is 0 Å². The van der Waals surface area contributed by atoms with Gasteiger partial charge in [0.15, 0.2) is 0 Å².